The molecule has 1 aromatic carbocycles. The number of nitrogens with one attached hydrogen (secondary N) is 1. The second-order valence-electron chi connectivity index (χ2n) is 4.32. The Morgan fingerprint density at radius 1 is 1.18 bits per heavy atom. The molecule has 0 bridgehead atoms. The maximum atomic E-state index is 13.2. The zero-order valence-electron chi connectivity index (χ0n) is 8.84. The van der Waals surface area contributed by atoms with Crippen LogP contribution in [0.25, 0.3) is 10.9 Å². The van der Waals surface area contributed by atoms with Gasteiger partial charge in [-0.2, -0.15) is 13.2 Å². The molecule has 2 aromatic rings. The highest BCUT2D eigenvalue weighted by atomic mass is 19.4. The molecule has 0 aliphatic carbocycles. The first-order valence-electron chi connectivity index (χ1n) is 5.26. The molecule has 3 rings (SSSR count). The molecule has 0 unspecified atom stereocenters. The minimum Gasteiger partial charge on any atom is -0.379 e. The summed E-state index contributed by atoms with van der Waals surface area (Å²) in [6.45, 7) is -0.587. The summed E-state index contributed by atoms with van der Waals surface area (Å²) >= 11 is 0. The third-order valence-electron chi connectivity index (χ3n) is 3.34. The predicted octanol–water partition coefficient (Wildman–Crippen LogP) is 3.00. The third-order valence-corrected chi connectivity index (χ3v) is 3.34. The summed E-state index contributed by atoms with van der Waals surface area (Å²) < 4.78 is 44.3. The summed E-state index contributed by atoms with van der Waals surface area (Å²) in [6.07, 6.45) is -2.84. The average Bonchev–Trinajstić information content (AvgIpc) is 2.59. The third kappa shape index (κ3) is 1.32. The van der Waals surface area contributed by atoms with Crippen molar-refractivity contribution < 1.29 is 17.9 Å². The van der Waals surface area contributed by atoms with E-state index in [2.05, 4.69) is 4.98 Å². The Balaban J connectivity index is 2.21. The Morgan fingerprint density at radius 3 is 2.47 bits per heavy atom. The van der Waals surface area contributed by atoms with Crippen LogP contribution in [0.1, 0.15) is 5.56 Å². The Labute approximate surface area is 95.4 Å². The Kier molecular flexibility index (Phi) is 2.04. The summed E-state index contributed by atoms with van der Waals surface area (Å²) in [5, 5.41) is 0.619. The van der Waals surface area contributed by atoms with Gasteiger partial charge in [-0.05, 0) is 11.6 Å². The normalized spacial score (nSPS) is 19.2. The van der Waals surface area contributed by atoms with Gasteiger partial charge in [-0.3, -0.25) is 0 Å². The van der Waals surface area contributed by atoms with Crippen LogP contribution in [0.5, 0.6) is 0 Å². The van der Waals surface area contributed by atoms with Crippen LogP contribution in [0.15, 0.2) is 30.5 Å². The molecule has 1 aliphatic heterocycles. The topological polar surface area (TPSA) is 25.0 Å². The molecule has 17 heavy (non-hydrogen) atoms. The van der Waals surface area contributed by atoms with Gasteiger partial charge in [0.15, 0.2) is 0 Å². The summed E-state index contributed by atoms with van der Waals surface area (Å²) in [6, 6.07) is 7.00. The van der Waals surface area contributed by atoms with Gasteiger partial charge in [-0.15, -0.1) is 0 Å². The van der Waals surface area contributed by atoms with E-state index in [0.717, 1.165) is 5.52 Å². The lowest BCUT2D eigenvalue weighted by Crippen LogP contribution is -2.57. The van der Waals surface area contributed by atoms with Gasteiger partial charge in [0.1, 0.15) is 5.41 Å². The molecule has 1 aromatic heterocycles. The molecule has 0 spiro atoms. The Hall–Kier alpha value is -1.49. The van der Waals surface area contributed by atoms with E-state index in [1.54, 1.807) is 24.3 Å². The number of alkyl halides is 3. The first kappa shape index (κ1) is 10.7. The molecule has 2 nitrogen and oxygen atoms in total. The van der Waals surface area contributed by atoms with Crippen molar-refractivity contribution in [2.24, 2.45) is 0 Å². The van der Waals surface area contributed by atoms with Crippen molar-refractivity contribution in [3.05, 3.63) is 36.0 Å². The molecule has 0 saturated carbocycles. The number of benzene rings is 1. The number of fused-ring (bicyclic) bond motifs is 1. The van der Waals surface area contributed by atoms with Gasteiger partial charge in [-0.1, -0.05) is 18.2 Å². The first-order valence-corrected chi connectivity index (χ1v) is 5.26. The lowest BCUT2D eigenvalue weighted by atomic mass is 9.78. The van der Waals surface area contributed by atoms with E-state index in [-0.39, 0.29) is 18.8 Å². The van der Waals surface area contributed by atoms with Crippen molar-refractivity contribution >= 4 is 10.9 Å². The van der Waals surface area contributed by atoms with Crippen LogP contribution in [-0.4, -0.2) is 24.4 Å². The average molecular weight is 241 g/mol. The van der Waals surface area contributed by atoms with Crippen LogP contribution in [0, 0.1) is 0 Å². The number of para-hydroxylation sites is 1. The zero-order chi connectivity index (χ0) is 12.1. The van der Waals surface area contributed by atoms with Crippen molar-refractivity contribution in [3.8, 4) is 0 Å². The van der Waals surface area contributed by atoms with E-state index in [1.807, 2.05) is 0 Å². The van der Waals surface area contributed by atoms with Gasteiger partial charge >= 0.3 is 6.18 Å². The SMILES string of the molecule is FC(F)(F)C1(c2c[nH]c3ccccc23)COC1. The van der Waals surface area contributed by atoms with Gasteiger partial charge in [0, 0.05) is 17.1 Å². The molecule has 0 atom stereocenters. The van der Waals surface area contributed by atoms with Crippen molar-refractivity contribution in [2.75, 3.05) is 13.2 Å². The number of aromatic amines is 1. The molecule has 1 saturated heterocycles. The van der Waals surface area contributed by atoms with Crippen LogP contribution >= 0.6 is 0 Å². The second kappa shape index (κ2) is 3.26. The van der Waals surface area contributed by atoms with E-state index >= 15 is 0 Å². The molecule has 0 amide bonds. The number of rotatable bonds is 1. The smallest absolute Gasteiger partial charge is 0.379 e. The maximum Gasteiger partial charge on any atom is 0.402 e. The van der Waals surface area contributed by atoms with E-state index < -0.39 is 11.6 Å². The van der Waals surface area contributed by atoms with E-state index in [0.29, 0.717) is 5.39 Å². The number of hydrogen-bond donors (Lipinski definition) is 1. The largest absolute Gasteiger partial charge is 0.402 e. The molecular formula is C12H10F3NO. The number of aromatic nitrogens is 1. The van der Waals surface area contributed by atoms with Crippen LogP contribution < -0.4 is 0 Å². The van der Waals surface area contributed by atoms with Gasteiger partial charge in [0.2, 0.25) is 0 Å². The summed E-state index contributed by atoms with van der Waals surface area (Å²) in [7, 11) is 0. The van der Waals surface area contributed by atoms with Crippen molar-refractivity contribution in [1.29, 1.82) is 0 Å². The minimum absolute atomic E-state index is 0.284. The lowest BCUT2D eigenvalue weighted by Gasteiger charge is -2.42. The summed E-state index contributed by atoms with van der Waals surface area (Å²) in [5.74, 6) is 0. The van der Waals surface area contributed by atoms with Gasteiger partial charge in [0.05, 0.1) is 13.2 Å². The molecule has 5 heteroatoms. The van der Waals surface area contributed by atoms with Crippen molar-refractivity contribution in [2.45, 2.75) is 11.6 Å². The fourth-order valence-electron chi connectivity index (χ4n) is 2.25. The molecule has 2 heterocycles. The van der Waals surface area contributed by atoms with Crippen LogP contribution in [0.2, 0.25) is 0 Å². The molecule has 1 fully saturated rings. The zero-order valence-corrected chi connectivity index (χ0v) is 8.84. The number of ether oxygens (including phenoxy) is 1. The van der Waals surface area contributed by atoms with Crippen molar-refractivity contribution in [1.82, 2.24) is 4.98 Å². The number of halogens is 3. The van der Waals surface area contributed by atoms with Crippen LogP contribution in [0.3, 0.4) is 0 Å². The minimum atomic E-state index is -4.28. The van der Waals surface area contributed by atoms with Gasteiger partial charge in [-0.25, -0.2) is 0 Å². The Bertz CT molecular complexity index is 554. The first-order chi connectivity index (χ1) is 8.05. The summed E-state index contributed by atoms with van der Waals surface area (Å²) in [4.78, 5) is 2.88. The van der Waals surface area contributed by atoms with E-state index in [4.69, 9.17) is 4.74 Å². The second-order valence-corrected chi connectivity index (χ2v) is 4.32. The van der Waals surface area contributed by atoms with Gasteiger partial charge in [0.25, 0.3) is 0 Å². The Morgan fingerprint density at radius 2 is 1.88 bits per heavy atom. The van der Waals surface area contributed by atoms with Crippen molar-refractivity contribution in [3.63, 3.8) is 0 Å². The molecule has 1 aliphatic rings. The molecule has 1 N–H and O–H groups in total. The van der Waals surface area contributed by atoms with Gasteiger partial charge < -0.3 is 9.72 Å². The molecular weight excluding hydrogens is 231 g/mol. The van der Waals surface area contributed by atoms with E-state index in [1.165, 1.54) is 6.20 Å². The monoisotopic (exact) mass is 241 g/mol. The number of hydrogen-bond acceptors (Lipinski definition) is 1. The quantitative estimate of drug-likeness (QED) is 0.815. The number of H-pyrrole nitrogens is 1. The highest BCUT2D eigenvalue weighted by Crippen LogP contribution is 2.48. The fraction of sp³-hybridized carbons (Fsp3) is 0.333. The van der Waals surface area contributed by atoms with Crippen LogP contribution in [-0.2, 0) is 10.2 Å². The van der Waals surface area contributed by atoms with E-state index in [9.17, 15) is 13.2 Å². The standard InChI is InChI=1S/C12H10F3NO/c13-12(14,15)11(6-17-7-11)9-5-16-10-4-2-1-3-8(9)10/h1-5,16H,6-7H2. The maximum absolute atomic E-state index is 13.2. The highest BCUT2D eigenvalue weighted by molar-refractivity contribution is 5.84. The molecule has 0 radical (unpaired) electrons. The predicted molar refractivity (Wildman–Crippen MR) is 56.9 cm³/mol. The highest BCUT2D eigenvalue weighted by Gasteiger charge is 2.61. The lowest BCUT2D eigenvalue weighted by molar-refractivity contribution is -0.261. The van der Waals surface area contributed by atoms with Crippen LogP contribution in [0.4, 0.5) is 13.2 Å². The fourth-order valence-corrected chi connectivity index (χ4v) is 2.25. The summed E-state index contributed by atoms with van der Waals surface area (Å²) in [5.41, 5.74) is -0.836. The molecule has 90 valence electrons.